The molecule has 0 aromatic heterocycles. The van der Waals surface area contributed by atoms with Gasteiger partial charge in [0, 0.05) is 6.54 Å². The van der Waals surface area contributed by atoms with E-state index < -0.39 is 0 Å². The predicted molar refractivity (Wildman–Crippen MR) is 130 cm³/mol. The summed E-state index contributed by atoms with van der Waals surface area (Å²) in [5, 5.41) is 2.55. The molecule has 0 heterocycles. The second kappa shape index (κ2) is 11.0. The zero-order chi connectivity index (χ0) is 20.8. The van der Waals surface area contributed by atoms with E-state index in [1.807, 2.05) is 30.3 Å². The van der Waals surface area contributed by atoms with E-state index in [9.17, 15) is 0 Å². The Morgan fingerprint density at radius 2 is 1.45 bits per heavy atom. The van der Waals surface area contributed by atoms with Crippen molar-refractivity contribution >= 4 is 23.2 Å². The molecular formula is C27H28ClNO2. The lowest BCUT2D eigenvalue weighted by Gasteiger charge is -2.29. The molecule has 4 rings (SSSR count). The summed E-state index contributed by atoms with van der Waals surface area (Å²) in [5.74, 6) is 0.853. The van der Waals surface area contributed by atoms with Crippen LogP contribution in [0.5, 0.6) is 5.75 Å². The molecule has 0 saturated carbocycles. The van der Waals surface area contributed by atoms with Crippen molar-refractivity contribution in [3.63, 3.8) is 0 Å². The van der Waals surface area contributed by atoms with Crippen molar-refractivity contribution in [2.45, 2.75) is 19.4 Å². The minimum atomic E-state index is -0.146. The monoisotopic (exact) mass is 433 g/mol. The zero-order valence-corrected chi connectivity index (χ0v) is 18.7. The summed E-state index contributed by atoms with van der Waals surface area (Å²) in [5.41, 5.74) is 3.56. The van der Waals surface area contributed by atoms with E-state index >= 15 is 0 Å². The van der Waals surface area contributed by atoms with Crippen molar-refractivity contribution in [3.05, 3.63) is 114 Å². The van der Waals surface area contributed by atoms with Gasteiger partial charge in [-0.05, 0) is 46.6 Å². The number of rotatable bonds is 8. The summed E-state index contributed by atoms with van der Waals surface area (Å²) in [6.07, 6.45) is -0.146. The Bertz CT molecular complexity index is 1080. The third kappa shape index (κ3) is 5.65. The maximum atomic E-state index is 6.42. The van der Waals surface area contributed by atoms with Crippen molar-refractivity contribution < 1.29 is 9.47 Å². The van der Waals surface area contributed by atoms with Gasteiger partial charge in [0.2, 0.25) is 0 Å². The average Bonchev–Trinajstić information content (AvgIpc) is 2.80. The van der Waals surface area contributed by atoms with Crippen LogP contribution in [0.2, 0.25) is 0 Å². The number of methoxy groups -OCH3 is 1. The highest BCUT2D eigenvalue weighted by atomic mass is 35.5. The van der Waals surface area contributed by atoms with Gasteiger partial charge in [-0.1, -0.05) is 84.9 Å². The van der Waals surface area contributed by atoms with Gasteiger partial charge in [0.25, 0.3) is 0 Å². The maximum absolute atomic E-state index is 6.42. The summed E-state index contributed by atoms with van der Waals surface area (Å²) >= 11 is 0. The second-order valence-corrected chi connectivity index (χ2v) is 7.48. The van der Waals surface area contributed by atoms with Crippen LogP contribution >= 0.6 is 12.4 Å². The van der Waals surface area contributed by atoms with E-state index in [0.717, 1.165) is 23.4 Å². The summed E-state index contributed by atoms with van der Waals surface area (Å²) in [7, 11) is 3.80. The minimum Gasteiger partial charge on any atom is -0.497 e. The third-order valence-electron chi connectivity index (χ3n) is 5.35. The van der Waals surface area contributed by atoms with Gasteiger partial charge < -0.3 is 9.47 Å². The molecule has 0 fully saturated rings. The van der Waals surface area contributed by atoms with Gasteiger partial charge in [0.05, 0.1) is 13.7 Å². The van der Waals surface area contributed by atoms with E-state index in [4.69, 9.17) is 9.47 Å². The van der Waals surface area contributed by atoms with Gasteiger partial charge >= 0.3 is 0 Å². The Kier molecular flexibility index (Phi) is 8.07. The molecule has 0 spiro atoms. The predicted octanol–water partition coefficient (Wildman–Crippen LogP) is 6.62. The average molecular weight is 434 g/mol. The Hall–Kier alpha value is -2.85. The van der Waals surface area contributed by atoms with Crippen LogP contribution in [0.4, 0.5) is 0 Å². The van der Waals surface area contributed by atoms with Crippen LogP contribution in [0.1, 0.15) is 22.9 Å². The minimum absolute atomic E-state index is 0. The van der Waals surface area contributed by atoms with Gasteiger partial charge in [0.15, 0.2) is 0 Å². The summed E-state index contributed by atoms with van der Waals surface area (Å²) in [6, 6.07) is 33.5. The molecule has 0 bridgehead atoms. The second-order valence-electron chi connectivity index (χ2n) is 7.48. The highest BCUT2D eigenvalue weighted by molar-refractivity contribution is 5.86. The standard InChI is InChI=1S/C27H27NO2.ClH/c1-28(19-24-13-8-12-22-9-6-7-14-26(22)24)27(23-10-4-3-5-11-23)30-20-21-15-17-25(29-2)18-16-21;/h3-18,27H,19-20H2,1-2H3;1H. The molecule has 1 atom stereocenters. The first kappa shape index (κ1) is 22.8. The number of nitrogens with zero attached hydrogens (tertiary/aromatic N) is 1. The molecule has 1 unspecified atom stereocenters. The number of hydrogen-bond donors (Lipinski definition) is 0. The van der Waals surface area contributed by atoms with Crippen molar-refractivity contribution in [2.75, 3.05) is 14.2 Å². The number of ether oxygens (including phenoxy) is 2. The van der Waals surface area contributed by atoms with Crippen LogP contribution in [-0.4, -0.2) is 19.1 Å². The Morgan fingerprint density at radius 1 is 0.774 bits per heavy atom. The molecular weight excluding hydrogens is 406 g/mol. The molecule has 0 aliphatic rings. The Balaban J connectivity index is 0.00000272. The molecule has 160 valence electrons. The fourth-order valence-corrected chi connectivity index (χ4v) is 3.77. The van der Waals surface area contributed by atoms with Crippen LogP contribution in [0, 0.1) is 0 Å². The highest BCUT2D eigenvalue weighted by Gasteiger charge is 2.19. The topological polar surface area (TPSA) is 21.7 Å². The normalized spacial score (nSPS) is 11.8. The van der Waals surface area contributed by atoms with Gasteiger partial charge in [-0.25, -0.2) is 0 Å². The van der Waals surface area contributed by atoms with Gasteiger partial charge in [-0.3, -0.25) is 4.90 Å². The summed E-state index contributed by atoms with van der Waals surface area (Å²) in [6.45, 7) is 1.33. The van der Waals surface area contributed by atoms with Crippen LogP contribution in [0.3, 0.4) is 0 Å². The molecule has 0 amide bonds. The lowest BCUT2D eigenvalue weighted by atomic mass is 10.0. The van der Waals surface area contributed by atoms with Gasteiger partial charge in [-0.15, -0.1) is 12.4 Å². The smallest absolute Gasteiger partial charge is 0.137 e. The number of benzene rings is 4. The fraction of sp³-hybridized carbons (Fsp3) is 0.185. The quantitative estimate of drug-likeness (QED) is 0.291. The molecule has 4 aromatic carbocycles. The zero-order valence-electron chi connectivity index (χ0n) is 17.9. The van der Waals surface area contributed by atoms with Gasteiger partial charge in [-0.2, -0.15) is 0 Å². The first-order valence-electron chi connectivity index (χ1n) is 10.2. The van der Waals surface area contributed by atoms with Crippen LogP contribution in [0.25, 0.3) is 10.8 Å². The molecule has 3 nitrogen and oxygen atoms in total. The summed E-state index contributed by atoms with van der Waals surface area (Å²) < 4.78 is 11.7. The van der Waals surface area contributed by atoms with E-state index in [1.54, 1.807) is 7.11 Å². The highest BCUT2D eigenvalue weighted by Crippen LogP contribution is 2.27. The molecule has 31 heavy (non-hydrogen) atoms. The lowest BCUT2D eigenvalue weighted by Crippen LogP contribution is -2.26. The van der Waals surface area contributed by atoms with Crippen LogP contribution < -0.4 is 4.74 Å². The van der Waals surface area contributed by atoms with Crippen LogP contribution in [-0.2, 0) is 17.9 Å². The molecule has 0 N–H and O–H groups in total. The number of halogens is 1. The molecule has 4 aromatic rings. The molecule has 0 aliphatic carbocycles. The molecule has 4 heteroatoms. The number of fused-ring (bicyclic) bond motifs is 1. The van der Waals surface area contributed by atoms with Crippen molar-refractivity contribution in [2.24, 2.45) is 0 Å². The van der Waals surface area contributed by atoms with E-state index in [1.165, 1.54) is 16.3 Å². The van der Waals surface area contributed by atoms with Gasteiger partial charge in [0.1, 0.15) is 12.0 Å². The first-order chi connectivity index (χ1) is 14.7. The fourth-order valence-electron chi connectivity index (χ4n) is 3.77. The van der Waals surface area contributed by atoms with Crippen molar-refractivity contribution in [3.8, 4) is 5.75 Å². The lowest BCUT2D eigenvalue weighted by molar-refractivity contribution is -0.0640. The van der Waals surface area contributed by atoms with Crippen LogP contribution in [0.15, 0.2) is 97.1 Å². The van der Waals surface area contributed by atoms with E-state index in [-0.39, 0.29) is 18.6 Å². The molecule has 0 radical (unpaired) electrons. The molecule has 0 saturated heterocycles. The SMILES string of the molecule is COc1ccc(COC(c2ccccc2)N(C)Cc2cccc3ccccc23)cc1.Cl. The summed E-state index contributed by atoms with van der Waals surface area (Å²) in [4.78, 5) is 2.26. The maximum Gasteiger partial charge on any atom is 0.137 e. The third-order valence-corrected chi connectivity index (χ3v) is 5.35. The van der Waals surface area contributed by atoms with Crippen molar-refractivity contribution in [1.29, 1.82) is 0 Å². The van der Waals surface area contributed by atoms with E-state index in [2.05, 4.69) is 78.7 Å². The Labute approximate surface area is 190 Å². The van der Waals surface area contributed by atoms with Crippen molar-refractivity contribution in [1.82, 2.24) is 4.90 Å². The largest absolute Gasteiger partial charge is 0.497 e. The first-order valence-corrected chi connectivity index (χ1v) is 10.2. The Morgan fingerprint density at radius 3 is 2.19 bits per heavy atom. The molecule has 0 aliphatic heterocycles. The number of hydrogen-bond acceptors (Lipinski definition) is 3. The van der Waals surface area contributed by atoms with E-state index in [0.29, 0.717) is 6.61 Å².